The number of hydrogen-bond donors (Lipinski definition) is 0. The lowest BCUT2D eigenvalue weighted by atomic mass is 9.97. The summed E-state index contributed by atoms with van der Waals surface area (Å²) >= 11 is 3.20. The summed E-state index contributed by atoms with van der Waals surface area (Å²) < 4.78 is 59.7. The lowest BCUT2D eigenvalue weighted by Crippen LogP contribution is -2.46. The second kappa shape index (κ2) is 5.22. The molecule has 16 heavy (non-hydrogen) atoms. The molecule has 8 heteroatoms. The number of sulfonamides is 1. The molecule has 0 aromatic heterocycles. The Morgan fingerprint density at radius 2 is 2.00 bits per heavy atom. The summed E-state index contributed by atoms with van der Waals surface area (Å²) in [6.07, 6.45) is 1.98. The number of alkyl halides is 4. The van der Waals surface area contributed by atoms with E-state index in [4.69, 9.17) is 0 Å². The van der Waals surface area contributed by atoms with Gasteiger partial charge in [0.25, 0.3) is 0 Å². The minimum absolute atomic E-state index is 0.0187. The lowest BCUT2D eigenvalue weighted by Gasteiger charge is -2.31. The summed E-state index contributed by atoms with van der Waals surface area (Å²) in [4.78, 5) is 0. The van der Waals surface area contributed by atoms with E-state index in [1.54, 1.807) is 0 Å². The van der Waals surface area contributed by atoms with Crippen LogP contribution in [0.5, 0.6) is 0 Å². The highest BCUT2D eigenvalue weighted by Crippen LogP contribution is 2.31. The highest BCUT2D eigenvalue weighted by Gasteiger charge is 2.50. The van der Waals surface area contributed by atoms with Gasteiger partial charge in [0.1, 0.15) is 0 Å². The Labute approximate surface area is 101 Å². The van der Waals surface area contributed by atoms with Gasteiger partial charge in [-0.25, -0.2) is 8.42 Å². The van der Waals surface area contributed by atoms with E-state index in [0.717, 1.165) is 6.42 Å². The zero-order valence-electron chi connectivity index (χ0n) is 8.50. The molecule has 1 aliphatic rings. The summed E-state index contributed by atoms with van der Waals surface area (Å²) in [6, 6.07) is 0. The van der Waals surface area contributed by atoms with Crippen LogP contribution in [0, 0.1) is 5.92 Å². The molecule has 96 valence electrons. The van der Waals surface area contributed by atoms with Gasteiger partial charge < -0.3 is 0 Å². The molecule has 0 aromatic rings. The molecule has 0 bridgehead atoms. The van der Waals surface area contributed by atoms with Crippen molar-refractivity contribution in [3.63, 3.8) is 0 Å². The van der Waals surface area contributed by atoms with Gasteiger partial charge in [-0.05, 0) is 25.2 Å². The van der Waals surface area contributed by atoms with Crippen LogP contribution in [0.15, 0.2) is 0 Å². The molecule has 1 heterocycles. The van der Waals surface area contributed by atoms with Gasteiger partial charge in [-0.3, -0.25) is 0 Å². The van der Waals surface area contributed by atoms with Crippen LogP contribution >= 0.6 is 15.9 Å². The van der Waals surface area contributed by atoms with Gasteiger partial charge in [-0.1, -0.05) is 15.9 Å². The maximum Gasteiger partial charge on any atom is 0.511 e. The summed E-state index contributed by atoms with van der Waals surface area (Å²) in [6.45, 7) is -0.0475. The molecule has 1 unspecified atom stereocenters. The van der Waals surface area contributed by atoms with Crippen LogP contribution in [0.4, 0.5) is 13.2 Å². The van der Waals surface area contributed by atoms with Gasteiger partial charge in [0, 0.05) is 18.4 Å². The van der Waals surface area contributed by atoms with E-state index in [1.165, 1.54) is 0 Å². The lowest BCUT2D eigenvalue weighted by molar-refractivity contribution is -0.0498. The van der Waals surface area contributed by atoms with Crippen molar-refractivity contribution < 1.29 is 21.6 Å². The molecule has 1 saturated heterocycles. The minimum atomic E-state index is -5.18. The first-order chi connectivity index (χ1) is 7.29. The normalized spacial score (nSPS) is 24.6. The predicted molar refractivity (Wildman–Crippen MR) is 57.7 cm³/mol. The average molecular weight is 324 g/mol. The van der Waals surface area contributed by atoms with E-state index in [2.05, 4.69) is 15.9 Å². The molecule has 1 aliphatic heterocycles. The van der Waals surface area contributed by atoms with Crippen molar-refractivity contribution in [2.24, 2.45) is 5.92 Å². The molecule has 0 N–H and O–H groups in total. The number of halogens is 4. The molecular formula is C8H13BrF3NO2S. The third kappa shape index (κ3) is 3.10. The molecule has 1 rings (SSSR count). The topological polar surface area (TPSA) is 37.4 Å². The highest BCUT2D eigenvalue weighted by atomic mass is 79.9. The Balaban J connectivity index is 2.74. The number of piperidine rings is 1. The van der Waals surface area contributed by atoms with Gasteiger partial charge in [0.15, 0.2) is 0 Å². The number of rotatable bonds is 3. The Kier molecular flexibility index (Phi) is 4.65. The van der Waals surface area contributed by atoms with E-state index in [-0.39, 0.29) is 19.0 Å². The van der Waals surface area contributed by atoms with Crippen LogP contribution in [0.3, 0.4) is 0 Å². The minimum Gasteiger partial charge on any atom is -0.203 e. The van der Waals surface area contributed by atoms with Crippen molar-refractivity contribution >= 4 is 26.0 Å². The smallest absolute Gasteiger partial charge is 0.203 e. The maximum absolute atomic E-state index is 12.3. The monoisotopic (exact) mass is 323 g/mol. The predicted octanol–water partition coefficient (Wildman–Crippen LogP) is 2.33. The van der Waals surface area contributed by atoms with E-state index < -0.39 is 15.5 Å². The van der Waals surface area contributed by atoms with Crippen LogP contribution in [0.1, 0.15) is 19.3 Å². The highest BCUT2D eigenvalue weighted by molar-refractivity contribution is 9.09. The maximum atomic E-state index is 12.3. The second-order valence-electron chi connectivity index (χ2n) is 3.79. The first kappa shape index (κ1) is 14.2. The largest absolute Gasteiger partial charge is 0.511 e. The fourth-order valence-corrected chi connectivity index (χ4v) is 3.50. The second-order valence-corrected chi connectivity index (χ2v) is 6.52. The van der Waals surface area contributed by atoms with Gasteiger partial charge in [-0.2, -0.15) is 17.5 Å². The van der Waals surface area contributed by atoms with Crippen molar-refractivity contribution in [3.05, 3.63) is 0 Å². The summed E-state index contributed by atoms with van der Waals surface area (Å²) in [5, 5.41) is 0.678. The first-order valence-electron chi connectivity index (χ1n) is 4.91. The first-order valence-corrected chi connectivity index (χ1v) is 7.47. The number of hydrogen-bond acceptors (Lipinski definition) is 2. The van der Waals surface area contributed by atoms with Gasteiger partial charge in [-0.15, -0.1) is 0 Å². The standard InChI is InChI=1S/C8H13BrF3NO2S/c9-4-3-7-2-1-5-13(6-7)16(14,15)8(10,11)12/h7H,1-6H2. The van der Waals surface area contributed by atoms with E-state index in [9.17, 15) is 21.6 Å². The van der Waals surface area contributed by atoms with Crippen LogP contribution in [-0.4, -0.2) is 36.7 Å². The molecule has 0 spiro atoms. The van der Waals surface area contributed by atoms with Gasteiger partial charge >= 0.3 is 15.5 Å². The molecule has 0 aliphatic carbocycles. The molecule has 0 aromatic carbocycles. The molecule has 3 nitrogen and oxygen atoms in total. The molecule has 1 atom stereocenters. The Morgan fingerprint density at radius 3 is 2.50 bits per heavy atom. The molecular weight excluding hydrogens is 311 g/mol. The number of nitrogens with zero attached hydrogens (tertiary/aromatic N) is 1. The Morgan fingerprint density at radius 1 is 1.38 bits per heavy atom. The SMILES string of the molecule is O=S(=O)(N1CCCC(CCBr)C1)C(F)(F)F. The Hall–Kier alpha value is 0.180. The van der Waals surface area contributed by atoms with Crippen molar-refractivity contribution in [2.75, 3.05) is 18.4 Å². The van der Waals surface area contributed by atoms with Crippen LogP contribution in [0.25, 0.3) is 0 Å². The third-order valence-electron chi connectivity index (χ3n) is 2.63. The zero-order chi connectivity index (χ0) is 12.4. The fourth-order valence-electron chi connectivity index (χ4n) is 1.78. The summed E-state index contributed by atoms with van der Waals surface area (Å²) in [7, 11) is -5.13. The molecule has 1 fully saturated rings. The van der Waals surface area contributed by atoms with Crippen molar-refractivity contribution in [1.82, 2.24) is 4.31 Å². The molecule has 0 saturated carbocycles. The summed E-state index contributed by atoms with van der Waals surface area (Å²) in [5.41, 5.74) is -5.18. The zero-order valence-corrected chi connectivity index (χ0v) is 10.9. The Bertz CT molecular complexity index is 329. The van der Waals surface area contributed by atoms with Gasteiger partial charge in [0.2, 0.25) is 0 Å². The quantitative estimate of drug-likeness (QED) is 0.747. The fraction of sp³-hybridized carbons (Fsp3) is 1.00. The van der Waals surface area contributed by atoms with Crippen molar-refractivity contribution in [3.8, 4) is 0 Å². The van der Waals surface area contributed by atoms with E-state index in [1.807, 2.05) is 0 Å². The van der Waals surface area contributed by atoms with Gasteiger partial charge in [0.05, 0.1) is 0 Å². The third-order valence-corrected chi connectivity index (χ3v) is 4.69. The average Bonchev–Trinajstić information content (AvgIpc) is 2.17. The van der Waals surface area contributed by atoms with Crippen LogP contribution < -0.4 is 0 Å². The van der Waals surface area contributed by atoms with Crippen molar-refractivity contribution in [1.29, 1.82) is 0 Å². The van der Waals surface area contributed by atoms with Crippen molar-refractivity contribution in [2.45, 2.75) is 24.8 Å². The van der Waals surface area contributed by atoms with Crippen LogP contribution in [0.2, 0.25) is 0 Å². The summed E-state index contributed by atoms with van der Waals surface area (Å²) in [5.74, 6) is 0.0187. The van der Waals surface area contributed by atoms with E-state index >= 15 is 0 Å². The molecule has 0 amide bonds. The molecule has 0 radical (unpaired) electrons. The van der Waals surface area contributed by atoms with Crippen LogP contribution in [-0.2, 0) is 10.0 Å². The van der Waals surface area contributed by atoms with E-state index in [0.29, 0.717) is 22.5 Å².